The van der Waals surface area contributed by atoms with Gasteiger partial charge in [0.2, 0.25) is 0 Å². The second-order valence-corrected chi connectivity index (χ2v) is 5.77. The van der Waals surface area contributed by atoms with E-state index in [0.29, 0.717) is 16.7 Å². The number of rotatable bonds is 4. The summed E-state index contributed by atoms with van der Waals surface area (Å²) < 4.78 is 0. The minimum Gasteiger partial charge on any atom is -0.478 e. The lowest BCUT2D eigenvalue weighted by atomic mass is 10.1. The van der Waals surface area contributed by atoms with Crippen LogP contribution in [0.3, 0.4) is 0 Å². The molecule has 2 aromatic carbocycles. The summed E-state index contributed by atoms with van der Waals surface area (Å²) in [6, 6.07) is 12.5. The highest BCUT2D eigenvalue weighted by molar-refractivity contribution is 5.97. The molecule has 0 atom stereocenters. The van der Waals surface area contributed by atoms with E-state index < -0.39 is 5.97 Å². The fourth-order valence-corrected chi connectivity index (χ4v) is 1.95. The Labute approximate surface area is 152 Å². The number of aromatic carboxylic acids is 1. The van der Waals surface area contributed by atoms with Gasteiger partial charge < -0.3 is 10.0 Å². The molecule has 0 saturated carbocycles. The summed E-state index contributed by atoms with van der Waals surface area (Å²) >= 11 is 0. The summed E-state index contributed by atoms with van der Waals surface area (Å²) in [7, 11) is 3.39. The first kappa shape index (κ1) is 20.8. The lowest BCUT2D eigenvalue weighted by Gasteiger charge is -2.09. The van der Waals surface area contributed by atoms with Crippen LogP contribution in [0.4, 0.5) is 0 Å². The van der Waals surface area contributed by atoms with Crippen molar-refractivity contribution in [3.8, 4) is 0 Å². The van der Waals surface area contributed by atoms with E-state index in [1.165, 1.54) is 43.0 Å². The average molecular weight is 355 g/mol. The van der Waals surface area contributed by atoms with Gasteiger partial charge in [0.1, 0.15) is 0 Å². The molecule has 6 heteroatoms. The molecule has 0 aliphatic rings. The molecule has 2 aromatic rings. The quantitative estimate of drug-likeness (QED) is 0.851. The van der Waals surface area contributed by atoms with E-state index in [1.807, 2.05) is 0 Å². The predicted octanol–water partition coefficient (Wildman–Crippen LogP) is 3.18. The highest BCUT2D eigenvalue weighted by atomic mass is 16.4. The highest BCUT2D eigenvalue weighted by Crippen LogP contribution is 2.07. The second-order valence-electron chi connectivity index (χ2n) is 5.77. The zero-order valence-corrected chi connectivity index (χ0v) is 15.1. The van der Waals surface area contributed by atoms with Crippen LogP contribution in [-0.4, -0.2) is 47.5 Å². The molecule has 0 radical (unpaired) electrons. The van der Waals surface area contributed by atoms with Gasteiger partial charge in [-0.2, -0.15) is 0 Å². The van der Waals surface area contributed by atoms with Crippen molar-refractivity contribution in [2.75, 3.05) is 14.1 Å². The average Bonchev–Trinajstić information content (AvgIpc) is 2.61. The van der Waals surface area contributed by atoms with Crippen LogP contribution < -0.4 is 0 Å². The molecule has 0 aliphatic carbocycles. The molecule has 136 valence electrons. The lowest BCUT2D eigenvalue weighted by molar-refractivity contribution is 0.0695. The van der Waals surface area contributed by atoms with Gasteiger partial charge in [0.25, 0.3) is 5.91 Å². The summed E-state index contributed by atoms with van der Waals surface area (Å²) in [5, 5.41) is 8.53. The Kier molecular flexibility index (Phi) is 7.40. The van der Waals surface area contributed by atoms with E-state index in [-0.39, 0.29) is 23.0 Å². The Bertz CT molecular complexity index is 772. The van der Waals surface area contributed by atoms with E-state index in [4.69, 9.17) is 5.11 Å². The number of ketones is 2. The molecule has 0 unspecified atom stereocenters. The number of carbonyl (C=O) groups excluding carboxylic acids is 3. The maximum absolute atomic E-state index is 11.5. The zero-order chi connectivity index (χ0) is 19.9. The minimum atomic E-state index is -0.981. The van der Waals surface area contributed by atoms with Gasteiger partial charge in [-0.1, -0.05) is 24.3 Å². The molecule has 0 aliphatic heterocycles. The third-order valence-corrected chi connectivity index (χ3v) is 3.48. The Morgan fingerprint density at radius 1 is 0.654 bits per heavy atom. The van der Waals surface area contributed by atoms with Gasteiger partial charge in [0.15, 0.2) is 11.6 Å². The summed E-state index contributed by atoms with van der Waals surface area (Å²) in [5.41, 5.74) is 1.94. The number of carboxylic acids is 1. The van der Waals surface area contributed by atoms with Crippen molar-refractivity contribution >= 4 is 23.4 Å². The van der Waals surface area contributed by atoms with Crippen LogP contribution in [0.25, 0.3) is 0 Å². The fraction of sp³-hybridized carbons (Fsp3) is 0.200. The molecule has 0 bridgehead atoms. The topological polar surface area (TPSA) is 91.8 Å². The van der Waals surface area contributed by atoms with E-state index in [0.717, 1.165) is 0 Å². The van der Waals surface area contributed by atoms with Gasteiger partial charge >= 0.3 is 5.97 Å². The van der Waals surface area contributed by atoms with E-state index in [2.05, 4.69) is 0 Å². The van der Waals surface area contributed by atoms with Gasteiger partial charge in [-0.3, -0.25) is 14.4 Å². The first-order valence-electron chi connectivity index (χ1n) is 7.80. The number of Topliss-reactive ketones (excluding diaryl/α,β-unsaturated/α-hetero) is 2. The van der Waals surface area contributed by atoms with E-state index >= 15 is 0 Å². The molecule has 1 amide bonds. The Morgan fingerprint density at radius 2 is 0.962 bits per heavy atom. The Morgan fingerprint density at radius 3 is 1.23 bits per heavy atom. The van der Waals surface area contributed by atoms with Crippen LogP contribution in [0.15, 0.2) is 48.5 Å². The van der Waals surface area contributed by atoms with Gasteiger partial charge in [0.05, 0.1) is 5.56 Å². The summed E-state index contributed by atoms with van der Waals surface area (Å²) in [4.78, 5) is 45.1. The van der Waals surface area contributed by atoms with Gasteiger partial charge in [-0.25, -0.2) is 4.79 Å². The first-order chi connectivity index (χ1) is 12.1. The van der Waals surface area contributed by atoms with Crippen LogP contribution in [0.5, 0.6) is 0 Å². The number of hydrogen-bond donors (Lipinski definition) is 1. The number of hydrogen-bond acceptors (Lipinski definition) is 4. The molecule has 0 aromatic heterocycles. The number of amides is 1. The fourth-order valence-electron chi connectivity index (χ4n) is 1.95. The number of carbonyl (C=O) groups is 4. The predicted molar refractivity (Wildman–Crippen MR) is 97.9 cm³/mol. The largest absolute Gasteiger partial charge is 0.478 e. The molecule has 26 heavy (non-hydrogen) atoms. The van der Waals surface area contributed by atoms with Crippen LogP contribution >= 0.6 is 0 Å². The molecule has 0 heterocycles. The molecule has 2 rings (SSSR count). The normalized spacial score (nSPS) is 9.54. The highest BCUT2D eigenvalue weighted by Gasteiger charge is 2.07. The van der Waals surface area contributed by atoms with Crippen LogP contribution in [0, 0.1) is 0 Å². The third kappa shape index (κ3) is 5.98. The SMILES string of the molecule is CC(=O)c1ccc(C(=O)N(C)C)cc1.CC(=O)c1ccc(C(=O)O)cc1. The zero-order valence-electron chi connectivity index (χ0n) is 15.1. The number of carboxylic acid groups (broad SMARTS) is 1. The van der Waals surface area contributed by atoms with Crippen molar-refractivity contribution in [2.45, 2.75) is 13.8 Å². The van der Waals surface area contributed by atoms with Crippen LogP contribution in [-0.2, 0) is 0 Å². The molecular weight excluding hydrogens is 334 g/mol. The van der Waals surface area contributed by atoms with E-state index in [1.54, 1.807) is 38.4 Å². The maximum Gasteiger partial charge on any atom is 0.335 e. The minimum absolute atomic E-state index is 0.00820. The first-order valence-corrected chi connectivity index (χ1v) is 7.80. The molecule has 0 saturated heterocycles. The van der Waals surface area contributed by atoms with Gasteiger partial charge in [-0.05, 0) is 38.1 Å². The van der Waals surface area contributed by atoms with Gasteiger partial charge in [-0.15, -0.1) is 0 Å². The summed E-state index contributed by atoms with van der Waals surface area (Å²) in [5.74, 6) is -1.09. The van der Waals surface area contributed by atoms with Gasteiger partial charge in [0, 0.05) is 30.8 Å². The Hall–Kier alpha value is -3.28. The van der Waals surface area contributed by atoms with Crippen molar-refractivity contribution < 1.29 is 24.3 Å². The maximum atomic E-state index is 11.5. The number of nitrogens with zero attached hydrogens (tertiary/aromatic N) is 1. The van der Waals surface area contributed by atoms with E-state index in [9.17, 15) is 19.2 Å². The van der Waals surface area contributed by atoms with Crippen molar-refractivity contribution in [3.05, 3.63) is 70.8 Å². The molecule has 0 fully saturated rings. The van der Waals surface area contributed by atoms with Crippen molar-refractivity contribution in [2.24, 2.45) is 0 Å². The summed E-state index contributed by atoms with van der Waals surface area (Å²) in [6.07, 6.45) is 0. The number of benzene rings is 2. The monoisotopic (exact) mass is 355 g/mol. The van der Waals surface area contributed by atoms with Crippen molar-refractivity contribution in [1.29, 1.82) is 0 Å². The molecule has 1 N–H and O–H groups in total. The lowest BCUT2D eigenvalue weighted by Crippen LogP contribution is -2.21. The second kappa shape index (κ2) is 9.27. The molecule has 0 spiro atoms. The Balaban J connectivity index is 0.000000263. The molecule has 6 nitrogen and oxygen atoms in total. The third-order valence-electron chi connectivity index (χ3n) is 3.48. The van der Waals surface area contributed by atoms with Crippen molar-refractivity contribution in [3.63, 3.8) is 0 Å². The molecular formula is C20H21NO5. The van der Waals surface area contributed by atoms with Crippen LogP contribution in [0.2, 0.25) is 0 Å². The smallest absolute Gasteiger partial charge is 0.335 e. The van der Waals surface area contributed by atoms with Crippen molar-refractivity contribution in [1.82, 2.24) is 4.90 Å². The van der Waals surface area contributed by atoms with Crippen LogP contribution in [0.1, 0.15) is 55.3 Å². The summed E-state index contributed by atoms with van der Waals surface area (Å²) in [6.45, 7) is 2.94. The standard InChI is InChI=1S/C11H13NO2.C9H8O3/c1-8(13)9-4-6-10(7-5-9)11(14)12(2)3;1-6(10)7-2-4-8(5-3-7)9(11)12/h4-7H,1-3H3;2-5H,1H3,(H,11,12).